The van der Waals surface area contributed by atoms with E-state index in [1.165, 1.54) is 17.3 Å². The van der Waals surface area contributed by atoms with E-state index in [2.05, 4.69) is 27.4 Å². The molecule has 3 rings (SSSR count). The third kappa shape index (κ3) is 6.39. The molecule has 5 nitrogen and oxygen atoms in total. The average molecular weight is 394 g/mol. The molecule has 0 aliphatic rings. The molecule has 2 aromatic carbocycles. The Balaban J connectivity index is 1.48. The van der Waals surface area contributed by atoms with Gasteiger partial charge in [0.25, 0.3) is 5.88 Å². The largest absolute Gasteiger partial charge is 0.437 e. The molecule has 6 heteroatoms. The maximum absolute atomic E-state index is 12.3. The molecule has 1 aromatic heterocycles. The molecule has 1 atom stereocenters. The summed E-state index contributed by atoms with van der Waals surface area (Å²) in [4.78, 5) is 20.8. The van der Waals surface area contributed by atoms with Crippen molar-refractivity contribution in [3.8, 4) is 11.6 Å². The van der Waals surface area contributed by atoms with Crippen molar-refractivity contribution < 1.29 is 9.53 Å². The molecule has 0 fully saturated rings. The SMILES string of the molecule is C[C@@H](CCc1ccccc1)NC(=O)CSc1nccnc1Oc1ccccc1. The first-order valence-electron chi connectivity index (χ1n) is 9.20. The number of hydrogen-bond donors (Lipinski definition) is 1. The van der Waals surface area contributed by atoms with E-state index < -0.39 is 0 Å². The molecule has 0 aliphatic carbocycles. The second-order valence-electron chi connectivity index (χ2n) is 6.36. The van der Waals surface area contributed by atoms with Gasteiger partial charge in [-0.15, -0.1) is 0 Å². The highest BCUT2D eigenvalue weighted by atomic mass is 32.2. The van der Waals surface area contributed by atoms with Crippen molar-refractivity contribution in [2.45, 2.75) is 30.8 Å². The van der Waals surface area contributed by atoms with Crippen LogP contribution in [-0.2, 0) is 11.2 Å². The minimum absolute atomic E-state index is 0.0260. The molecule has 1 heterocycles. The Morgan fingerprint density at radius 2 is 1.71 bits per heavy atom. The van der Waals surface area contributed by atoms with Gasteiger partial charge in [0, 0.05) is 18.4 Å². The van der Waals surface area contributed by atoms with E-state index in [0.717, 1.165) is 12.8 Å². The minimum atomic E-state index is -0.0260. The molecule has 28 heavy (non-hydrogen) atoms. The van der Waals surface area contributed by atoms with Gasteiger partial charge in [0.05, 0.1) is 5.75 Å². The Bertz CT molecular complexity index is 875. The molecule has 0 aliphatic heterocycles. The van der Waals surface area contributed by atoms with Crippen LogP contribution in [0.25, 0.3) is 0 Å². The number of aromatic nitrogens is 2. The number of nitrogens with one attached hydrogen (secondary N) is 1. The van der Waals surface area contributed by atoms with Gasteiger partial charge in [0.2, 0.25) is 5.91 Å². The van der Waals surface area contributed by atoms with Crippen molar-refractivity contribution in [3.05, 3.63) is 78.6 Å². The topological polar surface area (TPSA) is 64.1 Å². The van der Waals surface area contributed by atoms with E-state index in [1.807, 2.05) is 55.5 Å². The number of para-hydroxylation sites is 1. The number of rotatable bonds is 9. The zero-order chi connectivity index (χ0) is 19.6. The third-order valence-electron chi connectivity index (χ3n) is 4.05. The van der Waals surface area contributed by atoms with Gasteiger partial charge in [0.1, 0.15) is 5.75 Å². The Morgan fingerprint density at radius 3 is 2.46 bits per heavy atom. The maximum Gasteiger partial charge on any atom is 0.252 e. The highest BCUT2D eigenvalue weighted by molar-refractivity contribution is 8.00. The van der Waals surface area contributed by atoms with Crippen LogP contribution in [0.2, 0.25) is 0 Å². The molecule has 1 amide bonds. The van der Waals surface area contributed by atoms with Crippen LogP contribution in [-0.4, -0.2) is 27.7 Å². The van der Waals surface area contributed by atoms with Gasteiger partial charge >= 0.3 is 0 Å². The van der Waals surface area contributed by atoms with E-state index in [4.69, 9.17) is 4.74 Å². The molecule has 0 saturated carbocycles. The summed E-state index contributed by atoms with van der Waals surface area (Å²) in [6.07, 6.45) is 5.01. The van der Waals surface area contributed by atoms with E-state index in [9.17, 15) is 4.79 Å². The standard InChI is InChI=1S/C22H23N3O2S/c1-17(12-13-18-8-4-2-5-9-18)25-20(26)16-28-22-21(23-14-15-24-22)27-19-10-6-3-7-11-19/h2-11,14-15,17H,12-13,16H2,1H3,(H,25,26)/t17-/m0/s1. The average Bonchev–Trinajstić information content (AvgIpc) is 2.73. The summed E-state index contributed by atoms with van der Waals surface area (Å²) >= 11 is 1.32. The summed E-state index contributed by atoms with van der Waals surface area (Å²) in [5.74, 6) is 1.33. The number of amides is 1. The number of hydrogen-bond acceptors (Lipinski definition) is 5. The molecule has 0 unspecified atom stereocenters. The molecule has 0 bridgehead atoms. The predicted octanol–water partition coefficient (Wildman–Crippen LogP) is 4.50. The quantitative estimate of drug-likeness (QED) is 0.542. The minimum Gasteiger partial charge on any atom is -0.437 e. The van der Waals surface area contributed by atoms with Gasteiger partial charge in [-0.1, -0.05) is 60.3 Å². The molecule has 144 valence electrons. The fraction of sp³-hybridized carbons (Fsp3) is 0.227. The summed E-state index contributed by atoms with van der Waals surface area (Å²) < 4.78 is 5.78. The van der Waals surface area contributed by atoms with Gasteiger partial charge in [-0.05, 0) is 37.5 Å². The lowest BCUT2D eigenvalue weighted by Gasteiger charge is -2.14. The van der Waals surface area contributed by atoms with Crippen LogP contribution >= 0.6 is 11.8 Å². The normalized spacial score (nSPS) is 11.6. The van der Waals surface area contributed by atoms with Crippen molar-refractivity contribution in [3.63, 3.8) is 0 Å². The summed E-state index contributed by atoms with van der Waals surface area (Å²) in [5, 5.41) is 3.64. The van der Waals surface area contributed by atoms with Crippen LogP contribution in [0.4, 0.5) is 0 Å². The molecule has 3 aromatic rings. The van der Waals surface area contributed by atoms with Crippen LogP contribution in [0.15, 0.2) is 78.1 Å². The van der Waals surface area contributed by atoms with Gasteiger partial charge in [-0.25, -0.2) is 9.97 Å². The molecule has 1 N–H and O–H groups in total. The van der Waals surface area contributed by atoms with Gasteiger partial charge < -0.3 is 10.1 Å². The zero-order valence-electron chi connectivity index (χ0n) is 15.7. The highest BCUT2D eigenvalue weighted by Crippen LogP contribution is 2.28. The van der Waals surface area contributed by atoms with Crippen LogP contribution in [0.3, 0.4) is 0 Å². The second kappa shape index (κ2) is 10.5. The van der Waals surface area contributed by atoms with E-state index >= 15 is 0 Å². The fourth-order valence-corrected chi connectivity index (χ4v) is 3.34. The summed E-state index contributed by atoms with van der Waals surface area (Å²) in [7, 11) is 0. The molecule has 0 radical (unpaired) electrons. The molecular weight excluding hydrogens is 370 g/mol. The van der Waals surface area contributed by atoms with Crippen molar-refractivity contribution >= 4 is 17.7 Å². The zero-order valence-corrected chi connectivity index (χ0v) is 16.6. The van der Waals surface area contributed by atoms with Crippen LogP contribution in [0.5, 0.6) is 11.6 Å². The van der Waals surface area contributed by atoms with E-state index in [1.54, 1.807) is 12.4 Å². The number of aryl methyl sites for hydroxylation is 1. The second-order valence-corrected chi connectivity index (χ2v) is 7.33. The summed E-state index contributed by atoms with van der Waals surface area (Å²) in [6.45, 7) is 2.03. The molecule has 0 saturated heterocycles. The van der Waals surface area contributed by atoms with Crippen molar-refractivity contribution in [2.24, 2.45) is 0 Å². The lowest BCUT2D eigenvalue weighted by Crippen LogP contribution is -2.34. The number of carbonyl (C=O) groups is 1. The third-order valence-corrected chi connectivity index (χ3v) is 5.01. The van der Waals surface area contributed by atoms with Crippen molar-refractivity contribution in [2.75, 3.05) is 5.75 Å². The molecular formula is C22H23N3O2S. The summed E-state index contributed by atoms with van der Waals surface area (Å²) in [6, 6.07) is 19.8. The maximum atomic E-state index is 12.3. The number of ether oxygens (including phenoxy) is 1. The van der Waals surface area contributed by atoms with Gasteiger partial charge in [-0.3, -0.25) is 4.79 Å². The van der Waals surface area contributed by atoms with Gasteiger partial charge in [0.15, 0.2) is 5.03 Å². The smallest absolute Gasteiger partial charge is 0.252 e. The lowest BCUT2D eigenvalue weighted by molar-refractivity contribution is -0.119. The fourth-order valence-electron chi connectivity index (χ4n) is 2.63. The number of thioether (sulfide) groups is 1. The Hall–Kier alpha value is -2.86. The summed E-state index contributed by atoms with van der Waals surface area (Å²) in [5.41, 5.74) is 1.28. The molecule has 0 spiro atoms. The van der Waals surface area contributed by atoms with Crippen LogP contribution in [0.1, 0.15) is 18.9 Å². The first-order chi connectivity index (χ1) is 13.7. The first-order valence-corrected chi connectivity index (χ1v) is 10.2. The Morgan fingerprint density at radius 1 is 1.04 bits per heavy atom. The van der Waals surface area contributed by atoms with Gasteiger partial charge in [-0.2, -0.15) is 0 Å². The number of carbonyl (C=O) groups excluding carboxylic acids is 1. The van der Waals surface area contributed by atoms with Crippen LogP contribution < -0.4 is 10.1 Å². The Kier molecular flexibility index (Phi) is 7.44. The number of nitrogens with zero attached hydrogens (tertiary/aromatic N) is 2. The van der Waals surface area contributed by atoms with Crippen molar-refractivity contribution in [1.82, 2.24) is 15.3 Å². The van der Waals surface area contributed by atoms with Crippen LogP contribution in [0, 0.1) is 0 Å². The first kappa shape index (κ1) is 19.9. The van der Waals surface area contributed by atoms with Crippen molar-refractivity contribution in [1.29, 1.82) is 0 Å². The lowest BCUT2D eigenvalue weighted by atomic mass is 10.1. The monoisotopic (exact) mass is 393 g/mol. The highest BCUT2D eigenvalue weighted by Gasteiger charge is 2.13. The van der Waals surface area contributed by atoms with E-state index in [-0.39, 0.29) is 17.7 Å². The predicted molar refractivity (Wildman–Crippen MR) is 112 cm³/mol. The Labute approximate surface area is 169 Å². The van der Waals surface area contributed by atoms with E-state index in [0.29, 0.717) is 16.7 Å². The number of benzene rings is 2.